The smallest absolute Gasteiger partial charge is 0.407 e. The number of amides is 4. The fourth-order valence-electron chi connectivity index (χ4n) is 4.99. The van der Waals surface area contributed by atoms with Crippen LogP contribution in [0.5, 0.6) is 0 Å². The molecule has 2 heterocycles. The molecule has 0 spiro atoms. The number of para-hydroxylation sites is 1. The second-order valence-electron chi connectivity index (χ2n) is 10.9. The Labute approximate surface area is 242 Å². The van der Waals surface area contributed by atoms with Crippen LogP contribution in [-0.2, 0) is 25.6 Å². The number of alkyl carbamates (subject to hydrolysis) is 1. The van der Waals surface area contributed by atoms with Crippen molar-refractivity contribution in [2.24, 2.45) is 5.92 Å². The molecule has 12 heteroatoms. The maximum Gasteiger partial charge on any atom is 0.407 e. The second kappa shape index (κ2) is 13.0. The van der Waals surface area contributed by atoms with E-state index in [0.717, 1.165) is 5.56 Å². The van der Waals surface area contributed by atoms with Crippen molar-refractivity contribution in [3.8, 4) is 0 Å². The highest BCUT2D eigenvalue weighted by Crippen LogP contribution is 2.31. The molecule has 1 aliphatic carbocycles. The SMILES string of the molecule is CC(C)(C)OC(=O)N[C@@H]1C[C@@H](C(=O)Nc2ccccc2CNC(=O)c2ccc(Cl)s2)CC[C@@H]1N1CCOCC1=O. The molecule has 2 aliphatic rings. The van der Waals surface area contributed by atoms with Crippen LogP contribution in [0.25, 0.3) is 0 Å². The van der Waals surface area contributed by atoms with E-state index in [-0.39, 0.29) is 36.9 Å². The van der Waals surface area contributed by atoms with Gasteiger partial charge in [0.05, 0.1) is 27.9 Å². The molecule has 1 saturated carbocycles. The Hall–Kier alpha value is -3.15. The van der Waals surface area contributed by atoms with E-state index in [0.29, 0.717) is 47.3 Å². The van der Waals surface area contributed by atoms with E-state index < -0.39 is 23.7 Å². The quantitative estimate of drug-likeness (QED) is 0.444. The van der Waals surface area contributed by atoms with Crippen molar-refractivity contribution in [1.29, 1.82) is 0 Å². The number of carbonyl (C=O) groups excluding carboxylic acids is 4. The van der Waals surface area contributed by atoms with Gasteiger partial charge < -0.3 is 30.3 Å². The van der Waals surface area contributed by atoms with Gasteiger partial charge in [0.2, 0.25) is 11.8 Å². The van der Waals surface area contributed by atoms with Crippen LogP contribution in [0, 0.1) is 5.92 Å². The van der Waals surface area contributed by atoms with Crippen LogP contribution < -0.4 is 16.0 Å². The summed E-state index contributed by atoms with van der Waals surface area (Å²) in [4.78, 5) is 53.4. The Balaban J connectivity index is 1.43. The lowest BCUT2D eigenvalue weighted by molar-refractivity contribution is -0.147. The molecule has 216 valence electrons. The van der Waals surface area contributed by atoms with Gasteiger partial charge in [-0.25, -0.2) is 4.79 Å². The first-order chi connectivity index (χ1) is 19.0. The highest BCUT2D eigenvalue weighted by molar-refractivity contribution is 7.18. The van der Waals surface area contributed by atoms with Gasteiger partial charge in [-0.1, -0.05) is 29.8 Å². The first-order valence-electron chi connectivity index (χ1n) is 13.3. The lowest BCUT2D eigenvalue weighted by atomic mass is 9.80. The predicted molar refractivity (Wildman–Crippen MR) is 152 cm³/mol. The summed E-state index contributed by atoms with van der Waals surface area (Å²) in [7, 11) is 0. The molecule has 3 atom stereocenters. The molecular formula is C28H35ClN4O6S. The summed E-state index contributed by atoms with van der Waals surface area (Å²) in [5.41, 5.74) is 0.663. The normalized spacial score (nSPS) is 21.4. The summed E-state index contributed by atoms with van der Waals surface area (Å²) in [6, 6.07) is 9.89. The molecule has 40 heavy (non-hydrogen) atoms. The van der Waals surface area contributed by atoms with Crippen molar-refractivity contribution in [3.05, 3.63) is 51.2 Å². The molecule has 1 aliphatic heterocycles. The Morgan fingerprint density at radius 2 is 1.93 bits per heavy atom. The van der Waals surface area contributed by atoms with Crippen LogP contribution >= 0.6 is 22.9 Å². The van der Waals surface area contributed by atoms with E-state index in [9.17, 15) is 19.2 Å². The van der Waals surface area contributed by atoms with Crippen molar-refractivity contribution in [2.45, 2.75) is 64.3 Å². The minimum Gasteiger partial charge on any atom is -0.444 e. The number of rotatable bonds is 7. The number of morpholine rings is 1. The van der Waals surface area contributed by atoms with Gasteiger partial charge in [-0.15, -0.1) is 11.3 Å². The number of thiophene rings is 1. The molecule has 0 radical (unpaired) electrons. The van der Waals surface area contributed by atoms with Crippen molar-refractivity contribution < 1.29 is 28.7 Å². The summed E-state index contributed by atoms with van der Waals surface area (Å²) >= 11 is 7.14. The molecule has 2 fully saturated rings. The van der Waals surface area contributed by atoms with Gasteiger partial charge in [0, 0.05) is 24.7 Å². The standard InChI is InChI=1S/C28H35ClN4O6S/c1-28(2,3)39-27(37)32-20-14-17(8-9-21(20)33-12-13-38-16-24(33)34)25(35)31-19-7-5-4-6-18(19)15-30-26(36)22-10-11-23(29)40-22/h4-7,10-11,17,20-21H,8-9,12-16H2,1-3H3,(H,30,36)(H,31,35)(H,32,37)/t17-,20+,21-/m0/s1. The average molecular weight is 591 g/mol. The largest absolute Gasteiger partial charge is 0.444 e. The maximum absolute atomic E-state index is 13.4. The highest BCUT2D eigenvalue weighted by Gasteiger charge is 2.40. The summed E-state index contributed by atoms with van der Waals surface area (Å²) in [5.74, 6) is -0.962. The van der Waals surface area contributed by atoms with Crippen LogP contribution in [0.2, 0.25) is 4.34 Å². The molecule has 4 amide bonds. The van der Waals surface area contributed by atoms with Gasteiger partial charge in [0.1, 0.15) is 12.2 Å². The Kier molecular flexibility index (Phi) is 9.70. The topological polar surface area (TPSA) is 126 Å². The molecule has 0 unspecified atom stereocenters. The molecule has 10 nitrogen and oxygen atoms in total. The van der Waals surface area contributed by atoms with Gasteiger partial charge in [-0.2, -0.15) is 0 Å². The number of benzene rings is 1. The van der Waals surface area contributed by atoms with Gasteiger partial charge in [-0.05, 0) is 63.8 Å². The van der Waals surface area contributed by atoms with Crippen molar-refractivity contribution in [1.82, 2.24) is 15.5 Å². The average Bonchev–Trinajstić information content (AvgIpc) is 3.33. The molecule has 3 N–H and O–H groups in total. The third-order valence-electron chi connectivity index (χ3n) is 6.82. The zero-order valence-corrected chi connectivity index (χ0v) is 24.4. The minimum absolute atomic E-state index is 0.00637. The van der Waals surface area contributed by atoms with E-state index >= 15 is 0 Å². The number of ether oxygens (including phenoxy) is 2. The number of halogens is 1. The van der Waals surface area contributed by atoms with Crippen LogP contribution in [0.4, 0.5) is 10.5 Å². The second-order valence-corrected chi connectivity index (χ2v) is 12.6. The minimum atomic E-state index is -0.686. The van der Waals surface area contributed by atoms with Crippen LogP contribution in [0.15, 0.2) is 36.4 Å². The maximum atomic E-state index is 13.4. The first-order valence-corrected chi connectivity index (χ1v) is 14.5. The summed E-state index contributed by atoms with van der Waals surface area (Å²) < 4.78 is 11.3. The lowest BCUT2D eigenvalue weighted by Gasteiger charge is -2.43. The number of nitrogens with one attached hydrogen (secondary N) is 3. The van der Waals surface area contributed by atoms with Gasteiger partial charge >= 0.3 is 6.09 Å². The molecule has 4 rings (SSSR count). The third-order valence-corrected chi connectivity index (χ3v) is 8.05. The first kappa shape index (κ1) is 29.8. The van der Waals surface area contributed by atoms with E-state index in [1.54, 1.807) is 43.9 Å². The number of anilines is 1. The monoisotopic (exact) mass is 590 g/mol. The Morgan fingerprint density at radius 3 is 2.62 bits per heavy atom. The number of nitrogens with zero attached hydrogens (tertiary/aromatic N) is 1. The van der Waals surface area contributed by atoms with E-state index in [4.69, 9.17) is 21.1 Å². The fourth-order valence-corrected chi connectivity index (χ4v) is 5.95. The molecular weight excluding hydrogens is 556 g/mol. The Morgan fingerprint density at radius 1 is 1.15 bits per heavy atom. The highest BCUT2D eigenvalue weighted by atomic mass is 35.5. The Bertz CT molecular complexity index is 1250. The van der Waals surface area contributed by atoms with Crippen molar-refractivity contribution in [3.63, 3.8) is 0 Å². The number of hydrogen-bond donors (Lipinski definition) is 3. The number of hydrogen-bond acceptors (Lipinski definition) is 7. The van der Waals surface area contributed by atoms with Gasteiger partial charge in [0.15, 0.2) is 0 Å². The molecule has 0 bridgehead atoms. The van der Waals surface area contributed by atoms with Crippen LogP contribution in [-0.4, -0.2) is 66.2 Å². The summed E-state index contributed by atoms with van der Waals surface area (Å²) in [6.07, 6.45) is 0.854. The molecule has 1 saturated heterocycles. The van der Waals surface area contributed by atoms with Crippen molar-refractivity contribution in [2.75, 3.05) is 25.1 Å². The van der Waals surface area contributed by atoms with E-state index in [1.807, 2.05) is 18.2 Å². The van der Waals surface area contributed by atoms with Gasteiger partial charge in [0.25, 0.3) is 5.91 Å². The zero-order chi connectivity index (χ0) is 28.9. The van der Waals surface area contributed by atoms with Crippen LogP contribution in [0.1, 0.15) is 55.3 Å². The lowest BCUT2D eigenvalue weighted by Crippen LogP contribution is -2.59. The van der Waals surface area contributed by atoms with Crippen LogP contribution in [0.3, 0.4) is 0 Å². The van der Waals surface area contributed by atoms with Gasteiger partial charge in [-0.3, -0.25) is 14.4 Å². The third kappa shape index (κ3) is 7.96. The zero-order valence-electron chi connectivity index (χ0n) is 22.8. The fraction of sp³-hybridized carbons (Fsp3) is 0.500. The summed E-state index contributed by atoms with van der Waals surface area (Å²) in [6.45, 7) is 6.43. The van der Waals surface area contributed by atoms with E-state index in [1.165, 1.54) is 11.3 Å². The number of carbonyl (C=O) groups is 4. The molecule has 1 aromatic carbocycles. The van der Waals surface area contributed by atoms with E-state index in [2.05, 4.69) is 16.0 Å². The summed E-state index contributed by atoms with van der Waals surface area (Å²) in [5, 5.41) is 8.80. The molecule has 2 aromatic rings. The molecule has 1 aromatic heterocycles. The predicted octanol–water partition coefficient (Wildman–Crippen LogP) is 4.19. The van der Waals surface area contributed by atoms with Crippen molar-refractivity contribution >= 4 is 52.4 Å².